The molecule has 182 valence electrons. The summed E-state index contributed by atoms with van der Waals surface area (Å²) in [6.07, 6.45) is 1.74. The zero-order chi connectivity index (χ0) is 25.6. The molecule has 0 fully saturated rings. The number of nitrogens with zero attached hydrogens (tertiary/aromatic N) is 4. The van der Waals surface area contributed by atoms with Crippen LogP contribution in [0.1, 0.15) is 22.4 Å². The topological polar surface area (TPSA) is 134 Å². The molecule has 0 saturated carbocycles. The van der Waals surface area contributed by atoms with Gasteiger partial charge in [-0.05, 0) is 42.0 Å². The lowest BCUT2D eigenvalue weighted by atomic mass is 9.84. The normalized spacial score (nSPS) is 13.3. The summed E-state index contributed by atoms with van der Waals surface area (Å²) in [4.78, 5) is 3.69. The van der Waals surface area contributed by atoms with Crippen LogP contribution >= 0.6 is 0 Å². The molecule has 1 atom stereocenters. The summed E-state index contributed by atoms with van der Waals surface area (Å²) in [5, 5.41) is 23.6. The monoisotopic (exact) mass is 488 g/mol. The number of hydrazine groups is 1. The summed E-state index contributed by atoms with van der Waals surface area (Å²) in [6, 6.07) is 12.5. The van der Waals surface area contributed by atoms with Crippen molar-refractivity contribution in [1.82, 2.24) is 9.99 Å². The molecule has 0 aliphatic carbocycles. The van der Waals surface area contributed by atoms with Gasteiger partial charge in [-0.25, -0.2) is 14.6 Å². The van der Waals surface area contributed by atoms with Crippen LogP contribution in [-0.4, -0.2) is 28.0 Å². The average Bonchev–Trinajstić information content (AvgIpc) is 2.83. The largest absolute Gasteiger partial charge is 0.487 e. The lowest BCUT2D eigenvalue weighted by molar-refractivity contribution is -0.203. The number of rotatable bonds is 9. The van der Waals surface area contributed by atoms with Crippen molar-refractivity contribution in [1.29, 1.82) is 5.26 Å². The second-order valence-corrected chi connectivity index (χ2v) is 7.48. The summed E-state index contributed by atoms with van der Waals surface area (Å²) in [7, 11) is 0. The lowest BCUT2D eigenvalue weighted by Gasteiger charge is -2.37. The third-order valence-electron chi connectivity index (χ3n) is 5.04. The van der Waals surface area contributed by atoms with Gasteiger partial charge in [0, 0.05) is 11.6 Å². The van der Waals surface area contributed by atoms with Crippen LogP contribution in [0.25, 0.3) is 0 Å². The molecule has 1 unspecified atom stereocenters. The van der Waals surface area contributed by atoms with Crippen LogP contribution in [0.15, 0.2) is 65.9 Å². The van der Waals surface area contributed by atoms with Crippen LogP contribution in [0.3, 0.4) is 0 Å². The molecule has 5 N–H and O–H groups in total. The Bertz CT molecular complexity index is 1250. The van der Waals surface area contributed by atoms with Crippen molar-refractivity contribution in [2.75, 3.05) is 6.54 Å². The molecule has 12 heteroatoms. The second-order valence-electron chi connectivity index (χ2n) is 7.48. The fraction of sp³-hybridized carbons (Fsp3) is 0.174. The standard InChI is InChI=1S/C23H20F4N6O2/c24-17-4-6-19(20(25)9-17)22(34,13-33(30)14-32-29)23(26,27)21-7-5-18(11-31-21)35-12-16-3-1-2-15(8-16)10-28/h1-9,11,14,34H,12-13,29-30H2/b32-14-. The lowest BCUT2D eigenvalue weighted by Crippen LogP contribution is -2.53. The number of nitrogens with two attached hydrogens (primary N) is 2. The molecule has 3 rings (SSSR count). The maximum absolute atomic E-state index is 15.6. The highest BCUT2D eigenvalue weighted by atomic mass is 19.3. The minimum atomic E-state index is -4.22. The van der Waals surface area contributed by atoms with Gasteiger partial charge in [-0.2, -0.15) is 19.1 Å². The van der Waals surface area contributed by atoms with Crippen molar-refractivity contribution in [3.05, 3.63) is 94.8 Å². The molecule has 0 radical (unpaired) electrons. The highest BCUT2D eigenvalue weighted by Crippen LogP contribution is 2.46. The number of aromatic nitrogens is 1. The number of hydrazone groups is 1. The quantitative estimate of drug-likeness (QED) is 0.139. The number of alkyl halides is 2. The molecule has 0 spiro atoms. The highest BCUT2D eigenvalue weighted by Gasteiger charge is 2.58. The Morgan fingerprint density at radius 2 is 1.94 bits per heavy atom. The molecule has 1 aromatic heterocycles. The molecule has 3 aromatic rings. The summed E-state index contributed by atoms with van der Waals surface area (Å²) in [5.41, 5.74) is -4.04. The van der Waals surface area contributed by atoms with E-state index in [1.165, 1.54) is 6.07 Å². The number of ether oxygens (including phenoxy) is 1. The van der Waals surface area contributed by atoms with E-state index in [0.29, 0.717) is 28.3 Å². The maximum Gasteiger partial charge on any atom is 0.323 e. The number of hydrogen-bond donors (Lipinski definition) is 3. The van der Waals surface area contributed by atoms with E-state index in [1.807, 2.05) is 6.07 Å². The van der Waals surface area contributed by atoms with Crippen molar-refractivity contribution < 1.29 is 27.4 Å². The van der Waals surface area contributed by atoms with Gasteiger partial charge in [0.25, 0.3) is 0 Å². The molecule has 0 aliphatic rings. The van der Waals surface area contributed by atoms with Crippen LogP contribution in [0.5, 0.6) is 5.75 Å². The number of pyridine rings is 1. The minimum Gasteiger partial charge on any atom is -0.487 e. The van der Waals surface area contributed by atoms with Crippen molar-refractivity contribution in [3.63, 3.8) is 0 Å². The molecule has 35 heavy (non-hydrogen) atoms. The van der Waals surface area contributed by atoms with Gasteiger partial charge in [-0.1, -0.05) is 12.1 Å². The van der Waals surface area contributed by atoms with E-state index in [4.69, 9.17) is 21.7 Å². The van der Waals surface area contributed by atoms with E-state index in [-0.39, 0.29) is 12.4 Å². The van der Waals surface area contributed by atoms with Gasteiger partial charge in [0.15, 0.2) is 5.60 Å². The van der Waals surface area contributed by atoms with E-state index < -0.39 is 41.0 Å². The average molecular weight is 488 g/mol. The second kappa shape index (κ2) is 10.4. The van der Waals surface area contributed by atoms with Crippen molar-refractivity contribution in [2.45, 2.75) is 18.1 Å². The van der Waals surface area contributed by atoms with Crippen molar-refractivity contribution >= 4 is 6.34 Å². The molecule has 1 heterocycles. The first-order valence-electron chi connectivity index (χ1n) is 9.99. The number of hydrogen-bond acceptors (Lipinski definition) is 7. The number of nitriles is 1. The zero-order valence-corrected chi connectivity index (χ0v) is 18.1. The Labute approximate surface area is 197 Å². The van der Waals surface area contributed by atoms with E-state index in [9.17, 15) is 13.9 Å². The number of benzene rings is 2. The van der Waals surface area contributed by atoms with Gasteiger partial charge in [0.05, 0.1) is 24.4 Å². The summed E-state index contributed by atoms with van der Waals surface area (Å²) >= 11 is 0. The van der Waals surface area contributed by atoms with Crippen LogP contribution < -0.4 is 16.4 Å². The van der Waals surface area contributed by atoms with Crippen LogP contribution in [-0.2, 0) is 18.1 Å². The number of halogens is 4. The Morgan fingerprint density at radius 1 is 1.17 bits per heavy atom. The Kier molecular flexibility index (Phi) is 7.53. The molecule has 0 amide bonds. The molecule has 0 saturated heterocycles. The Morgan fingerprint density at radius 3 is 2.57 bits per heavy atom. The molecule has 0 bridgehead atoms. The van der Waals surface area contributed by atoms with Gasteiger partial charge >= 0.3 is 5.92 Å². The first kappa shape index (κ1) is 25.4. The fourth-order valence-electron chi connectivity index (χ4n) is 3.33. The molecular weight excluding hydrogens is 468 g/mol. The molecule has 2 aromatic carbocycles. The van der Waals surface area contributed by atoms with Crippen LogP contribution in [0.4, 0.5) is 17.6 Å². The molecular formula is C23H20F4N6O2. The summed E-state index contributed by atoms with van der Waals surface area (Å²) in [6.45, 7) is -1.03. The number of aliphatic hydroxyl groups is 1. The predicted molar refractivity (Wildman–Crippen MR) is 117 cm³/mol. The molecule has 0 aliphatic heterocycles. The van der Waals surface area contributed by atoms with Crippen LogP contribution in [0.2, 0.25) is 0 Å². The zero-order valence-electron chi connectivity index (χ0n) is 18.1. The Balaban J connectivity index is 1.91. The fourth-order valence-corrected chi connectivity index (χ4v) is 3.33. The summed E-state index contributed by atoms with van der Waals surface area (Å²) < 4.78 is 64.7. The molecule has 8 nitrogen and oxygen atoms in total. The SMILES string of the molecule is N#Cc1cccc(COc2ccc(C(F)(F)C(O)(CN(N)/C=N\N)c3ccc(F)cc3F)nc2)c1. The third-order valence-corrected chi connectivity index (χ3v) is 5.04. The predicted octanol–water partition coefficient (Wildman–Crippen LogP) is 2.87. The summed E-state index contributed by atoms with van der Waals surface area (Å²) in [5.74, 6) is 4.00. The van der Waals surface area contributed by atoms with Gasteiger partial charge in [-0.3, -0.25) is 9.99 Å². The van der Waals surface area contributed by atoms with Crippen molar-refractivity contribution in [2.24, 2.45) is 16.8 Å². The van der Waals surface area contributed by atoms with E-state index in [0.717, 1.165) is 24.7 Å². The van der Waals surface area contributed by atoms with Crippen LogP contribution in [0, 0.1) is 23.0 Å². The first-order valence-corrected chi connectivity index (χ1v) is 9.99. The maximum atomic E-state index is 15.6. The Hall–Kier alpha value is -4.21. The van der Waals surface area contributed by atoms with Gasteiger partial charge < -0.3 is 15.7 Å². The van der Waals surface area contributed by atoms with E-state index >= 15 is 8.78 Å². The van der Waals surface area contributed by atoms with Crippen molar-refractivity contribution in [3.8, 4) is 11.8 Å². The third kappa shape index (κ3) is 5.48. The minimum absolute atomic E-state index is 0.0399. The first-order chi connectivity index (χ1) is 16.6. The van der Waals surface area contributed by atoms with E-state index in [2.05, 4.69) is 10.1 Å². The van der Waals surface area contributed by atoms with Gasteiger partial charge in [-0.15, -0.1) is 0 Å². The smallest absolute Gasteiger partial charge is 0.323 e. The highest BCUT2D eigenvalue weighted by molar-refractivity contribution is 5.53. The van der Waals surface area contributed by atoms with Gasteiger partial charge in [0.2, 0.25) is 0 Å². The van der Waals surface area contributed by atoms with E-state index in [1.54, 1.807) is 24.3 Å². The van der Waals surface area contributed by atoms with Gasteiger partial charge in [0.1, 0.15) is 36.0 Å².